The van der Waals surface area contributed by atoms with Crippen molar-refractivity contribution in [1.29, 1.82) is 0 Å². The van der Waals surface area contributed by atoms with Gasteiger partial charge in [0.15, 0.2) is 0 Å². The van der Waals surface area contributed by atoms with Crippen LogP contribution in [-0.4, -0.2) is 4.98 Å². The first kappa shape index (κ1) is 49.2. The monoisotopic (exact) mass is 1120 g/mol. The minimum absolute atomic E-state index is 0. The third-order valence-corrected chi connectivity index (χ3v) is 14.8. The fourth-order valence-electron chi connectivity index (χ4n) is 10.7. The number of nitrogens with zero attached hydrogens (tertiary/aromatic N) is 4. The first-order valence-electron chi connectivity index (χ1n) is 25.2. The second kappa shape index (κ2) is 18.0. The first-order chi connectivity index (χ1) is 33.7. The van der Waals surface area contributed by atoms with Crippen LogP contribution in [0, 0.1) is 18.8 Å². The number of pyridine rings is 1. The molecule has 0 spiro atoms. The number of hydrogen-bond acceptors (Lipinski definition) is 5. The molecule has 11 rings (SSSR count). The molecule has 5 nitrogen and oxygen atoms in total. The summed E-state index contributed by atoms with van der Waals surface area (Å²) in [5.74, 6) is 2.27. The van der Waals surface area contributed by atoms with Crippen LogP contribution in [0.25, 0.3) is 22.3 Å². The van der Waals surface area contributed by atoms with Crippen LogP contribution in [0.3, 0.4) is 0 Å². The summed E-state index contributed by atoms with van der Waals surface area (Å²) in [6, 6.07) is 62.9. The van der Waals surface area contributed by atoms with Gasteiger partial charge in [-0.3, -0.25) is 0 Å². The van der Waals surface area contributed by atoms with E-state index in [1.807, 2.05) is 12.3 Å². The van der Waals surface area contributed by atoms with Crippen molar-refractivity contribution in [1.82, 2.24) is 4.98 Å². The van der Waals surface area contributed by atoms with E-state index in [1.165, 1.54) is 61.2 Å². The van der Waals surface area contributed by atoms with Gasteiger partial charge in [0, 0.05) is 73.0 Å². The Kier molecular flexibility index (Phi) is 12.3. The SMILES string of the molecule is CC(C)(C)c1ccc(-c2cccc(-c3cc(C(C)(C)C)cc(C(C)(C)C)c3)c2N2[CH-]N(c3[c-]c(Oc4[c-]cc5c(c4)C4c6ccccc6C5N4c4cc(C(C)(C)C)ccn4)ccc3)c3ccccc32)cc1.[Pt]. The number of rotatable bonds is 7. The Morgan fingerprint density at radius 2 is 1.06 bits per heavy atom. The molecule has 3 aliphatic heterocycles. The Labute approximate surface area is 443 Å². The molecule has 0 fully saturated rings. The predicted octanol–water partition coefficient (Wildman–Crippen LogP) is 17.4. The van der Waals surface area contributed by atoms with Crippen LogP contribution >= 0.6 is 0 Å². The zero-order valence-electron chi connectivity index (χ0n) is 43.8. The minimum atomic E-state index is -0.0399. The summed E-state index contributed by atoms with van der Waals surface area (Å²) in [5, 5.41) is 0. The summed E-state index contributed by atoms with van der Waals surface area (Å²) >= 11 is 0. The Hall–Kier alpha value is -6.42. The van der Waals surface area contributed by atoms with Crippen LogP contribution in [0.4, 0.5) is 28.6 Å². The number of benzene rings is 7. The fraction of sp³-hybridized carbons (Fsp3) is 0.273. The van der Waals surface area contributed by atoms with E-state index in [4.69, 9.17) is 9.72 Å². The molecule has 8 aromatic rings. The van der Waals surface area contributed by atoms with Crippen molar-refractivity contribution in [3.8, 4) is 33.8 Å². The van der Waals surface area contributed by atoms with Crippen molar-refractivity contribution in [3.63, 3.8) is 0 Å². The third kappa shape index (κ3) is 8.76. The van der Waals surface area contributed by atoms with Gasteiger partial charge in [-0.05, 0) is 90.4 Å². The van der Waals surface area contributed by atoms with Crippen LogP contribution in [0.2, 0.25) is 0 Å². The summed E-state index contributed by atoms with van der Waals surface area (Å²) in [6.45, 7) is 29.7. The fourth-order valence-corrected chi connectivity index (χ4v) is 10.7. The summed E-state index contributed by atoms with van der Waals surface area (Å²) in [5.41, 5.74) is 19.2. The molecule has 7 aromatic carbocycles. The van der Waals surface area contributed by atoms with E-state index in [-0.39, 0.29) is 54.8 Å². The molecule has 4 heterocycles. The van der Waals surface area contributed by atoms with Gasteiger partial charge >= 0.3 is 0 Å². The second-order valence-electron chi connectivity index (χ2n) is 23.9. The molecule has 2 bridgehead atoms. The first-order valence-corrected chi connectivity index (χ1v) is 25.2. The largest absolute Gasteiger partial charge is 0.509 e. The molecule has 2 atom stereocenters. The van der Waals surface area contributed by atoms with Gasteiger partial charge in [-0.25, -0.2) is 4.98 Å². The minimum Gasteiger partial charge on any atom is -0.509 e. The van der Waals surface area contributed by atoms with Crippen molar-refractivity contribution in [2.75, 3.05) is 14.7 Å². The van der Waals surface area contributed by atoms with Gasteiger partial charge < -0.3 is 19.4 Å². The van der Waals surface area contributed by atoms with Crippen molar-refractivity contribution < 1.29 is 25.8 Å². The molecule has 0 saturated carbocycles. The van der Waals surface area contributed by atoms with E-state index in [9.17, 15) is 0 Å². The third-order valence-electron chi connectivity index (χ3n) is 14.8. The van der Waals surface area contributed by atoms with Crippen molar-refractivity contribution >= 4 is 28.6 Å². The molecule has 0 amide bonds. The number of hydrogen-bond donors (Lipinski definition) is 0. The summed E-state index contributed by atoms with van der Waals surface area (Å²) in [4.78, 5) is 12.1. The topological polar surface area (TPSA) is 31.8 Å². The van der Waals surface area contributed by atoms with Gasteiger partial charge in [0.25, 0.3) is 0 Å². The Morgan fingerprint density at radius 1 is 0.486 bits per heavy atom. The molecular weight excluding hydrogens is 1060 g/mol. The molecule has 1 aromatic heterocycles. The summed E-state index contributed by atoms with van der Waals surface area (Å²) in [6.07, 6.45) is 1.96. The van der Waals surface area contributed by atoms with Gasteiger partial charge in [0.2, 0.25) is 0 Å². The van der Waals surface area contributed by atoms with Crippen LogP contribution in [0.5, 0.6) is 11.5 Å². The molecule has 0 saturated heterocycles. The van der Waals surface area contributed by atoms with E-state index in [1.54, 1.807) is 0 Å². The Bertz CT molecular complexity index is 3310. The van der Waals surface area contributed by atoms with Gasteiger partial charge in [0.05, 0.1) is 6.04 Å². The molecule has 0 aliphatic carbocycles. The molecule has 3 aliphatic rings. The zero-order valence-corrected chi connectivity index (χ0v) is 46.0. The molecule has 6 heteroatoms. The van der Waals surface area contributed by atoms with E-state index < -0.39 is 0 Å². The smallest absolute Gasteiger partial charge is 0.129 e. The van der Waals surface area contributed by atoms with Gasteiger partial charge in [-0.1, -0.05) is 180 Å². The molecule has 0 N–H and O–H groups in total. The number of anilines is 5. The van der Waals surface area contributed by atoms with E-state index in [0.717, 1.165) is 34.1 Å². The normalized spacial score (nSPS) is 16.1. The molecule has 0 radical (unpaired) electrons. The quantitative estimate of drug-likeness (QED) is 0.149. The molecular formula is C66H65N4OPt-3. The number of para-hydroxylation sites is 3. The Balaban J connectivity index is 0.00000596. The maximum Gasteiger partial charge on any atom is 0.129 e. The van der Waals surface area contributed by atoms with Crippen molar-refractivity contribution in [2.45, 2.75) is 117 Å². The van der Waals surface area contributed by atoms with Crippen LogP contribution in [0.1, 0.15) is 140 Å². The van der Waals surface area contributed by atoms with Crippen molar-refractivity contribution in [3.05, 3.63) is 221 Å². The molecule has 2 unspecified atom stereocenters. The second-order valence-corrected chi connectivity index (χ2v) is 23.9. The van der Waals surface area contributed by atoms with E-state index in [0.29, 0.717) is 11.5 Å². The predicted molar refractivity (Wildman–Crippen MR) is 295 cm³/mol. The Morgan fingerprint density at radius 3 is 1.68 bits per heavy atom. The molecule has 368 valence electrons. The van der Waals surface area contributed by atoms with Gasteiger partial charge in [-0.2, -0.15) is 12.1 Å². The summed E-state index contributed by atoms with van der Waals surface area (Å²) in [7, 11) is 0. The zero-order chi connectivity index (χ0) is 49.8. The number of fused-ring (bicyclic) bond motifs is 9. The van der Waals surface area contributed by atoms with Crippen molar-refractivity contribution in [2.24, 2.45) is 0 Å². The van der Waals surface area contributed by atoms with Crippen LogP contribution in [-0.2, 0) is 42.7 Å². The average Bonchev–Trinajstić information content (AvgIpc) is 4.00. The van der Waals surface area contributed by atoms with Gasteiger partial charge in [0.1, 0.15) is 5.82 Å². The summed E-state index contributed by atoms with van der Waals surface area (Å²) < 4.78 is 6.77. The number of ether oxygens (including phenoxy) is 1. The average molecular weight is 1130 g/mol. The molecule has 72 heavy (non-hydrogen) atoms. The van der Waals surface area contributed by atoms with Gasteiger partial charge in [-0.15, -0.1) is 53.8 Å². The van der Waals surface area contributed by atoms with E-state index in [2.05, 4.69) is 262 Å². The maximum atomic E-state index is 6.77. The maximum absolute atomic E-state index is 6.77. The van der Waals surface area contributed by atoms with E-state index >= 15 is 0 Å². The standard InChI is InChI=1S/C66H65N4O.Pt/c1-63(2,3)44-29-27-42(28-30-44)51-23-18-24-52(43-35-46(65(7,8)9)37-47(36-43)66(10,11)12)60(51)69-41-68(57-25-15-16-26-58(57)69)48-19-17-20-49(39-48)71-50-31-32-55-56(40-50)62-54-22-14-13-21-53(54)61(55)70(62)59-38-45(33-34-67-59)64(4,5)6;/h13-30,32-38,40-41,61-62H,1-12H3;/q-3;. The van der Waals surface area contributed by atoms with Crippen LogP contribution < -0.4 is 19.4 Å². The number of aromatic nitrogens is 1. The van der Waals surface area contributed by atoms with Crippen LogP contribution in [0.15, 0.2) is 158 Å².